The molecule has 4 heterocycles. The summed E-state index contributed by atoms with van der Waals surface area (Å²) in [6, 6.07) is 0. The molecule has 6 aliphatic rings. The average Bonchev–Trinajstić information content (AvgIpc) is 3.37. The van der Waals surface area contributed by atoms with Crippen molar-refractivity contribution in [2.24, 2.45) is 17.8 Å². The summed E-state index contributed by atoms with van der Waals surface area (Å²) in [6.07, 6.45) is 5.59. The van der Waals surface area contributed by atoms with Gasteiger partial charge in [-0.25, -0.2) is 17.8 Å². The molecule has 3 aliphatic heterocycles. The van der Waals surface area contributed by atoms with Gasteiger partial charge in [0, 0.05) is 66.0 Å². The number of fused-ring (bicyclic) bond motifs is 2. The van der Waals surface area contributed by atoms with Crippen molar-refractivity contribution in [3.8, 4) is 5.75 Å². The van der Waals surface area contributed by atoms with E-state index < -0.39 is 62.0 Å². The molecule has 3 amide bonds. The van der Waals surface area contributed by atoms with Crippen LogP contribution in [0.5, 0.6) is 5.75 Å². The number of aromatic hydroxyl groups is 1. The second kappa shape index (κ2) is 14.6. The highest BCUT2D eigenvalue weighted by atomic mass is 32.2. The molecule has 290 valence electrons. The molecule has 1 aromatic rings. The summed E-state index contributed by atoms with van der Waals surface area (Å²) in [4.78, 5) is 63.8. The Labute approximate surface area is 306 Å². The van der Waals surface area contributed by atoms with Crippen LogP contribution in [0.25, 0.3) is 0 Å². The van der Waals surface area contributed by atoms with Crippen molar-refractivity contribution >= 4 is 27.7 Å². The van der Waals surface area contributed by atoms with Gasteiger partial charge in [0.2, 0.25) is 15.8 Å². The number of sulfonamides is 1. The number of nitrogens with zero attached hydrogens (tertiary/aromatic N) is 6. The molecule has 2 bridgehead atoms. The van der Waals surface area contributed by atoms with E-state index in [0.29, 0.717) is 89.9 Å². The molecule has 3 atom stereocenters. The summed E-state index contributed by atoms with van der Waals surface area (Å²) in [5.41, 5.74) is -3.11. The molecule has 52 heavy (non-hydrogen) atoms. The topological polar surface area (TPSA) is 165 Å². The van der Waals surface area contributed by atoms with Crippen LogP contribution >= 0.6 is 0 Å². The van der Waals surface area contributed by atoms with Crippen LogP contribution in [0.4, 0.5) is 4.39 Å². The first kappa shape index (κ1) is 38.6. The van der Waals surface area contributed by atoms with Gasteiger partial charge in [0.05, 0.1) is 5.25 Å². The highest BCUT2D eigenvalue weighted by molar-refractivity contribution is 7.89. The van der Waals surface area contributed by atoms with Crippen LogP contribution in [0.2, 0.25) is 0 Å². The lowest BCUT2D eigenvalue weighted by Crippen LogP contribution is -2.62. The molecule has 1 saturated heterocycles. The predicted octanol–water partition coefficient (Wildman–Crippen LogP) is 2.05. The lowest BCUT2D eigenvalue weighted by atomic mass is 9.71. The molecule has 2 N–H and O–H groups in total. The number of rotatable bonds is 7. The molecular formula is C36H56FN7O7S. The highest BCUT2D eigenvalue weighted by Crippen LogP contribution is 2.50. The first-order valence-corrected chi connectivity index (χ1v) is 20.5. The van der Waals surface area contributed by atoms with Gasteiger partial charge in [-0.2, -0.15) is 4.31 Å². The smallest absolute Gasteiger partial charge is 0.312 e. The Morgan fingerprint density at radius 2 is 1.58 bits per heavy atom. The van der Waals surface area contributed by atoms with Crippen molar-refractivity contribution in [2.75, 3.05) is 53.9 Å². The number of carbonyl (C=O) groups is 3. The largest absolute Gasteiger partial charge is 0.501 e. The first-order valence-electron chi connectivity index (χ1n) is 19.0. The van der Waals surface area contributed by atoms with E-state index in [-0.39, 0.29) is 36.0 Å². The van der Waals surface area contributed by atoms with E-state index in [1.54, 1.807) is 4.31 Å². The molecule has 0 spiro atoms. The number of amides is 3. The van der Waals surface area contributed by atoms with Gasteiger partial charge >= 0.3 is 11.8 Å². The predicted molar refractivity (Wildman–Crippen MR) is 192 cm³/mol. The number of piperazine rings is 1. The Kier molecular flexibility index (Phi) is 10.8. The first-order chi connectivity index (χ1) is 24.5. The van der Waals surface area contributed by atoms with Crippen molar-refractivity contribution in [3.05, 3.63) is 21.9 Å². The van der Waals surface area contributed by atoms with E-state index in [4.69, 9.17) is 0 Å². The molecule has 4 fully saturated rings. The van der Waals surface area contributed by atoms with E-state index >= 15 is 0 Å². The third kappa shape index (κ3) is 6.87. The minimum atomic E-state index is -3.45. The number of likely N-dealkylation sites (N-methyl/N-ethyl adjacent to an activating group) is 2. The summed E-state index contributed by atoms with van der Waals surface area (Å²) in [5, 5.41) is 13.7. The Balaban J connectivity index is 1.30. The number of carbonyl (C=O) groups excluding carboxylic acids is 3. The molecule has 14 nitrogen and oxygen atoms in total. The minimum Gasteiger partial charge on any atom is -0.501 e. The maximum atomic E-state index is 14.1. The lowest BCUT2D eigenvalue weighted by molar-refractivity contribution is -0.155. The van der Waals surface area contributed by atoms with Gasteiger partial charge in [-0.05, 0) is 88.4 Å². The zero-order chi connectivity index (χ0) is 37.7. The van der Waals surface area contributed by atoms with E-state index in [2.05, 4.69) is 22.1 Å². The van der Waals surface area contributed by atoms with Crippen molar-refractivity contribution in [2.45, 2.75) is 114 Å². The fourth-order valence-corrected chi connectivity index (χ4v) is 11.5. The lowest BCUT2D eigenvalue weighted by Gasteiger charge is -2.52. The van der Waals surface area contributed by atoms with Crippen LogP contribution in [-0.4, -0.2) is 131 Å². The van der Waals surface area contributed by atoms with E-state index in [1.165, 1.54) is 35.5 Å². The molecule has 1 aromatic heterocycles. The summed E-state index contributed by atoms with van der Waals surface area (Å²) in [6.45, 7) is 5.93. The van der Waals surface area contributed by atoms with E-state index in [9.17, 15) is 37.1 Å². The van der Waals surface area contributed by atoms with Crippen molar-refractivity contribution in [1.29, 1.82) is 0 Å². The van der Waals surface area contributed by atoms with E-state index in [0.717, 1.165) is 12.8 Å². The van der Waals surface area contributed by atoms with Gasteiger partial charge in [-0.3, -0.25) is 28.6 Å². The van der Waals surface area contributed by atoms with Crippen LogP contribution in [-0.2, 0) is 31.7 Å². The van der Waals surface area contributed by atoms with Crippen molar-refractivity contribution in [3.63, 3.8) is 0 Å². The normalized spacial score (nSPS) is 32.8. The van der Waals surface area contributed by atoms with Crippen molar-refractivity contribution in [1.82, 2.24) is 33.9 Å². The molecular weight excluding hydrogens is 694 g/mol. The van der Waals surface area contributed by atoms with Gasteiger partial charge in [0.15, 0.2) is 5.69 Å². The van der Waals surface area contributed by atoms with Gasteiger partial charge in [0.1, 0.15) is 17.5 Å². The quantitative estimate of drug-likeness (QED) is 0.397. The third-order valence-electron chi connectivity index (χ3n) is 13.2. The fourth-order valence-electron chi connectivity index (χ4n) is 9.57. The molecule has 0 aromatic carbocycles. The molecule has 3 saturated carbocycles. The fraction of sp³-hybridized carbons (Fsp3) is 0.806. The Bertz CT molecular complexity index is 1710. The number of aromatic nitrogens is 2. The molecule has 3 unspecified atom stereocenters. The Morgan fingerprint density at radius 3 is 2.17 bits per heavy atom. The van der Waals surface area contributed by atoms with Gasteiger partial charge in [0.25, 0.3) is 11.5 Å². The molecule has 16 heteroatoms. The number of hydrogen-bond acceptors (Lipinski definition) is 9. The highest BCUT2D eigenvalue weighted by Gasteiger charge is 2.56. The van der Waals surface area contributed by atoms with Gasteiger partial charge in [-0.15, -0.1) is 0 Å². The third-order valence-corrected chi connectivity index (χ3v) is 15.5. The maximum absolute atomic E-state index is 14.1. The van der Waals surface area contributed by atoms with Crippen LogP contribution in [0, 0.1) is 17.8 Å². The molecule has 3 aliphatic carbocycles. The molecule has 0 radical (unpaired) electrons. The standard InChI is InChI=1S/C36H56FN7O7S/c1-23-6-9-26(10-7-23)52(50,51)43-18-16-42(17-19-43)35-12-14-36(15-13-35,41(5)33(49)32(48)40(3)4)34-39-28(29(45)31(47)44(34)22-35)30(46)38-21-25-8-11-27(37)24(2)20-25/h23-27,45H,6-22H2,1-5H3,(H,38,46). The number of halogens is 1. The molecule has 7 rings (SSSR count). The Morgan fingerprint density at radius 1 is 0.942 bits per heavy atom. The second-order valence-electron chi connectivity index (χ2n) is 16.5. The summed E-state index contributed by atoms with van der Waals surface area (Å²) in [7, 11) is 1.03. The van der Waals surface area contributed by atoms with Crippen LogP contribution in [0.3, 0.4) is 0 Å². The summed E-state index contributed by atoms with van der Waals surface area (Å²) < 4.78 is 44.3. The van der Waals surface area contributed by atoms with E-state index in [1.807, 2.05) is 6.92 Å². The number of alkyl halides is 1. The maximum Gasteiger partial charge on any atom is 0.312 e. The number of nitrogens with one attached hydrogen (secondary N) is 1. The Hall–Kier alpha value is -3.11. The van der Waals surface area contributed by atoms with Crippen LogP contribution in [0.15, 0.2) is 4.79 Å². The van der Waals surface area contributed by atoms with Crippen LogP contribution in [0.1, 0.15) is 101 Å². The zero-order valence-corrected chi connectivity index (χ0v) is 32.1. The minimum absolute atomic E-state index is 0.0411. The van der Waals surface area contributed by atoms with Crippen LogP contribution < -0.4 is 10.9 Å². The van der Waals surface area contributed by atoms with Gasteiger partial charge < -0.3 is 20.2 Å². The monoisotopic (exact) mass is 749 g/mol. The summed E-state index contributed by atoms with van der Waals surface area (Å²) in [5.74, 6) is -2.48. The second-order valence-corrected chi connectivity index (χ2v) is 18.8. The average molecular weight is 750 g/mol. The SMILES string of the molecule is CC1CCC(S(=O)(=O)N2CCN(C34CCC(N(C)C(=O)C(=O)N(C)C)(CC3)c3nc(C(=O)NCC5CCC(F)C(C)C5)c(O)c(=O)n3C4)CC2)CC1. The van der Waals surface area contributed by atoms with Gasteiger partial charge in [-0.1, -0.05) is 13.8 Å². The zero-order valence-electron chi connectivity index (χ0n) is 31.3. The number of hydrogen-bond donors (Lipinski definition) is 2. The van der Waals surface area contributed by atoms with Crippen molar-refractivity contribution < 1.29 is 32.3 Å². The summed E-state index contributed by atoms with van der Waals surface area (Å²) >= 11 is 0.